The van der Waals surface area contributed by atoms with Gasteiger partial charge < -0.3 is 10.4 Å². The second kappa shape index (κ2) is 7.44. The van der Waals surface area contributed by atoms with E-state index in [0.29, 0.717) is 11.7 Å². The summed E-state index contributed by atoms with van der Waals surface area (Å²) in [5, 5.41) is 13.0. The van der Waals surface area contributed by atoms with E-state index in [1.165, 1.54) is 0 Å². The van der Waals surface area contributed by atoms with Gasteiger partial charge in [0.05, 0.1) is 6.10 Å². The fourth-order valence-corrected chi connectivity index (χ4v) is 1.94. The van der Waals surface area contributed by atoms with Crippen LogP contribution in [0, 0.1) is 6.92 Å². The largest absolute Gasteiger partial charge is 0.387 e. The molecule has 2 unspecified atom stereocenters. The van der Waals surface area contributed by atoms with Gasteiger partial charge in [0.1, 0.15) is 0 Å². The third kappa shape index (κ3) is 5.10. The van der Waals surface area contributed by atoms with E-state index in [4.69, 9.17) is 0 Å². The van der Waals surface area contributed by atoms with Crippen molar-refractivity contribution < 1.29 is 9.90 Å². The first-order chi connectivity index (χ1) is 8.52. The summed E-state index contributed by atoms with van der Waals surface area (Å²) in [6.07, 6.45) is 1.83. The topological polar surface area (TPSA) is 49.3 Å². The zero-order chi connectivity index (χ0) is 13.5. The van der Waals surface area contributed by atoms with E-state index in [-0.39, 0.29) is 12.5 Å². The van der Waals surface area contributed by atoms with E-state index < -0.39 is 6.10 Å². The molecule has 0 radical (unpaired) electrons. The number of thioether (sulfide) groups is 1. The zero-order valence-electron chi connectivity index (χ0n) is 11.1. The molecule has 100 valence electrons. The summed E-state index contributed by atoms with van der Waals surface area (Å²) < 4.78 is 0. The molecule has 1 rings (SSSR count). The van der Waals surface area contributed by atoms with Crippen molar-refractivity contribution in [2.75, 3.05) is 12.8 Å². The minimum absolute atomic E-state index is 0.0106. The van der Waals surface area contributed by atoms with Gasteiger partial charge in [-0.05, 0) is 18.7 Å². The van der Waals surface area contributed by atoms with E-state index in [0.717, 1.165) is 11.1 Å². The van der Waals surface area contributed by atoms with Crippen molar-refractivity contribution in [3.8, 4) is 0 Å². The van der Waals surface area contributed by atoms with Crippen molar-refractivity contribution in [3.05, 3.63) is 35.4 Å². The first-order valence-electron chi connectivity index (χ1n) is 6.07. The maximum atomic E-state index is 11.6. The summed E-state index contributed by atoms with van der Waals surface area (Å²) in [4.78, 5) is 11.6. The maximum absolute atomic E-state index is 11.6. The summed E-state index contributed by atoms with van der Waals surface area (Å²) in [6.45, 7) is 4.26. The molecule has 0 saturated carbocycles. The molecule has 2 N–H and O–H groups in total. The summed E-state index contributed by atoms with van der Waals surface area (Å²) in [5.41, 5.74) is 1.95. The van der Waals surface area contributed by atoms with Crippen molar-refractivity contribution >= 4 is 17.7 Å². The number of hydrogen-bond donors (Lipinski definition) is 2. The van der Waals surface area contributed by atoms with Crippen molar-refractivity contribution in [3.63, 3.8) is 0 Å². The van der Waals surface area contributed by atoms with Crippen molar-refractivity contribution in [2.24, 2.45) is 0 Å². The molecule has 0 aliphatic heterocycles. The van der Waals surface area contributed by atoms with Crippen LogP contribution in [0.15, 0.2) is 24.3 Å². The molecule has 0 bridgehead atoms. The molecule has 0 fully saturated rings. The predicted molar refractivity (Wildman–Crippen MR) is 76.7 cm³/mol. The lowest BCUT2D eigenvalue weighted by molar-refractivity contribution is -0.121. The standard InChI is InChI=1S/C14H21NO2S/c1-10-5-4-6-12(7-10)13(16)9-15-14(17)8-11(2)18-3/h4-7,11,13,16H,8-9H2,1-3H3,(H,15,17). The highest BCUT2D eigenvalue weighted by Gasteiger charge is 2.11. The number of carbonyl (C=O) groups is 1. The minimum atomic E-state index is -0.640. The van der Waals surface area contributed by atoms with Crippen LogP contribution in [-0.4, -0.2) is 29.1 Å². The number of amides is 1. The fourth-order valence-electron chi connectivity index (χ4n) is 1.62. The van der Waals surface area contributed by atoms with Crippen LogP contribution in [0.3, 0.4) is 0 Å². The summed E-state index contributed by atoms with van der Waals surface area (Å²) in [6, 6.07) is 7.69. The molecular weight excluding hydrogens is 246 g/mol. The van der Waals surface area contributed by atoms with Gasteiger partial charge in [0.15, 0.2) is 0 Å². The lowest BCUT2D eigenvalue weighted by Crippen LogP contribution is -2.29. The van der Waals surface area contributed by atoms with Crippen LogP contribution in [0.2, 0.25) is 0 Å². The van der Waals surface area contributed by atoms with Gasteiger partial charge in [0.2, 0.25) is 5.91 Å². The quantitative estimate of drug-likeness (QED) is 0.831. The monoisotopic (exact) mass is 267 g/mol. The van der Waals surface area contributed by atoms with Gasteiger partial charge in [0, 0.05) is 18.2 Å². The van der Waals surface area contributed by atoms with Crippen LogP contribution in [0.1, 0.15) is 30.6 Å². The Morgan fingerprint density at radius 2 is 2.22 bits per heavy atom. The Labute approximate surface area is 113 Å². The zero-order valence-corrected chi connectivity index (χ0v) is 12.0. The second-order valence-corrected chi connectivity index (χ2v) is 5.76. The molecular formula is C14H21NO2S. The van der Waals surface area contributed by atoms with Gasteiger partial charge in [0.25, 0.3) is 0 Å². The third-order valence-electron chi connectivity index (χ3n) is 2.79. The molecule has 0 aliphatic carbocycles. The Morgan fingerprint density at radius 1 is 1.50 bits per heavy atom. The van der Waals surface area contributed by atoms with Crippen LogP contribution in [0.4, 0.5) is 0 Å². The highest BCUT2D eigenvalue weighted by atomic mass is 32.2. The lowest BCUT2D eigenvalue weighted by Gasteiger charge is -2.14. The number of hydrogen-bond acceptors (Lipinski definition) is 3. The van der Waals surface area contributed by atoms with E-state index in [2.05, 4.69) is 5.32 Å². The van der Waals surface area contributed by atoms with Gasteiger partial charge >= 0.3 is 0 Å². The fraction of sp³-hybridized carbons (Fsp3) is 0.500. The van der Waals surface area contributed by atoms with Crippen LogP contribution in [0.25, 0.3) is 0 Å². The van der Waals surface area contributed by atoms with E-state index in [1.54, 1.807) is 11.8 Å². The van der Waals surface area contributed by atoms with E-state index >= 15 is 0 Å². The normalized spacial score (nSPS) is 14.0. The number of aliphatic hydroxyl groups excluding tert-OH is 1. The van der Waals surface area contributed by atoms with E-state index in [9.17, 15) is 9.90 Å². The molecule has 0 aromatic heterocycles. The molecule has 4 heteroatoms. The smallest absolute Gasteiger partial charge is 0.221 e. The highest BCUT2D eigenvalue weighted by Crippen LogP contribution is 2.14. The number of carbonyl (C=O) groups excluding carboxylic acids is 1. The van der Waals surface area contributed by atoms with Gasteiger partial charge in [-0.25, -0.2) is 0 Å². The Kier molecular flexibility index (Phi) is 6.22. The molecule has 0 heterocycles. The second-order valence-electron chi connectivity index (χ2n) is 4.48. The SMILES string of the molecule is CSC(C)CC(=O)NCC(O)c1cccc(C)c1. The number of aryl methyl sites for hydroxylation is 1. The van der Waals surface area contributed by atoms with Crippen LogP contribution in [-0.2, 0) is 4.79 Å². The summed E-state index contributed by atoms with van der Waals surface area (Å²) in [7, 11) is 0. The Morgan fingerprint density at radius 3 is 2.83 bits per heavy atom. The molecule has 3 nitrogen and oxygen atoms in total. The number of aliphatic hydroxyl groups is 1. The molecule has 1 amide bonds. The van der Waals surface area contributed by atoms with Crippen molar-refractivity contribution in [1.29, 1.82) is 0 Å². The Balaban J connectivity index is 2.41. The molecule has 1 aromatic carbocycles. The Bertz CT molecular complexity index is 395. The minimum Gasteiger partial charge on any atom is -0.387 e. The third-order valence-corrected chi connectivity index (χ3v) is 3.77. The molecule has 18 heavy (non-hydrogen) atoms. The average Bonchev–Trinajstić information content (AvgIpc) is 2.35. The van der Waals surface area contributed by atoms with Gasteiger partial charge in [-0.2, -0.15) is 11.8 Å². The van der Waals surface area contributed by atoms with Crippen molar-refractivity contribution in [1.82, 2.24) is 5.32 Å². The highest BCUT2D eigenvalue weighted by molar-refractivity contribution is 7.99. The van der Waals surface area contributed by atoms with Crippen LogP contribution < -0.4 is 5.32 Å². The van der Waals surface area contributed by atoms with Crippen LogP contribution in [0.5, 0.6) is 0 Å². The van der Waals surface area contributed by atoms with Gasteiger partial charge in [-0.3, -0.25) is 4.79 Å². The molecule has 1 aromatic rings. The summed E-state index contributed by atoms with van der Waals surface area (Å²) in [5.74, 6) is -0.0106. The predicted octanol–water partition coefficient (Wildman–Crippen LogP) is 2.29. The Hall–Kier alpha value is -1.00. The number of nitrogens with one attached hydrogen (secondary N) is 1. The molecule has 0 spiro atoms. The lowest BCUT2D eigenvalue weighted by atomic mass is 10.1. The first-order valence-corrected chi connectivity index (χ1v) is 7.36. The maximum Gasteiger partial charge on any atom is 0.221 e. The van der Waals surface area contributed by atoms with Gasteiger partial charge in [-0.1, -0.05) is 36.8 Å². The van der Waals surface area contributed by atoms with Gasteiger partial charge in [-0.15, -0.1) is 0 Å². The average molecular weight is 267 g/mol. The first kappa shape index (κ1) is 15.1. The van der Waals surface area contributed by atoms with E-state index in [1.807, 2.05) is 44.4 Å². The molecule has 0 saturated heterocycles. The van der Waals surface area contributed by atoms with Crippen LogP contribution >= 0.6 is 11.8 Å². The number of benzene rings is 1. The number of rotatable bonds is 6. The summed E-state index contributed by atoms with van der Waals surface area (Å²) >= 11 is 1.66. The van der Waals surface area contributed by atoms with Crippen molar-refractivity contribution in [2.45, 2.75) is 31.6 Å². The molecule has 2 atom stereocenters. The molecule has 0 aliphatic rings.